The second-order valence-electron chi connectivity index (χ2n) is 6.46. The van der Waals surface area contributed by atoms with Crippen molar-refractivity contribution in [1.29, 1.82) is 0 Å². The van der Waals surface area contributed by atoms with E-state index in [0.29, 0.717) is 10.9 Å². The molecule has 112 valence electrons. The molecule has 0 heterocycles. The Labute approximate surface area is 130 Å². The van der Waals surface area contributed by atoms with Crippen LogP contribution in [-0.2, 0) is 14.8 Å². The zero-order valence-corrected chi connectivity index (χ0v) is 15.6. The molecule has 0 bridgehead atoms. The van der Waals surface area contributed by atoms with Crippen LogP contribution in [0.5, 0.6) is 0 Å². The minimum Gasteiger partial charge on any atom is -0.305 e. The molecule has 1 rings (SSSR count). The number of hydrogen-bond acceptors (Lipinski definition) is 3. The fourth-order valence-electron chi connectivity index (χ4n) is 1.44. The van der Waals surface area contributed by atoms with E-state index in [4.69, 9.17) is 9.46 Å². The second kappa shape index (κ2) is 6.41. The third-order valence-corrected chi connectivity index (χ3v) is 8.56. The van der Waals surface area contributed by atoms with Gasteiger partial charge in [0.05, 0.1) is 5.56 Å². The van der Waals surface area contributed by atoms with E-state index in [-0.39, 0.29) is 5.04 Å². The highest BCUT2D eigenvalue weighted by Gasteiger charge is 2.40. The lowest BCUT2D eigenvalue weighted by atomic mass is 10.0. The van der Waals surface area contributed by atoms with Crippen LogP contribution in [0.25, 0.3) is 0 Å². The molecule has 0 radical (unpaired) electrons. The van der Waals surface area contributed by atoms with Crippen molar-refractivity contribution in [1.82, 2.24) is 0 Å². The van der Waals surface area contributed by atoms with E-state index in [9.17, 15) is 4.79 Å². The summed E-state index contributed by atoms with van der Waals surface area (Å²) >= 11 is 3.39. The largest absolute Gasteiger partial charge is 0.372 e. The van der Waals surface area contributed by atoms with Crippen molar-refractivity contribution in [2.24, 2.45) is 0 Å². The van der Waals surface area contributed by atoms with Gasteiger partial charge in [-0.05, 0) is 36.2 Å². The van der Waals surface area contributed by atoms with Crippen LogP contribution in [-0.4, -0.2) is 14.3 Å². The van der Waals surface area contributed by atoms with Crippen LogP contribution in [0.3, 0.4) is 0 Å². The van der Waals surface area contributed by atoms with Crippen LogP contribution < -0.4 is 0 Å². The Balaban J connectivity index is 2.89. The van der Waals surface area contributed by atoms with Gasteiger partial charge < -0.3 is 4.89 Å². The Kier molecular flexibility index (Phi) is 5.58. The molecule has 1 aromatic rings. The van der Waals surface area contributed by atoms with Crippen molar-refractivity contribution in [3.63, 3.8) is 0 Å². The van der Waals surface area contributed by atoms with Crippen molar-refractivity contribution in [2.45, 2.75) is 51.2 Å². The summed E-state index contributed by atoms with van der Waals surface area (Å²) in [5.41, 5.74) is 2.39. The van der Waals surface area contributed by atoms with E-state index >= 15 is 0 Å². The van der Waals surface area contributed by atoms with E-state index in [0.717, 1.165) is 11.1 Å². The average molecular weight is 359 g/mol. The van der Waals surface area contributed by atoms with Gasteiger partial charge in [0.15, 0.2) is 0 Å². The smallest absolute Gasteiger partial charge is 0.305 e. The molecule has 5 heteroatoms. The summed E-state index contributed by atoms with van der Waals surface area (Å²) in [6.45, 7) is 12.3. The molecule has 0 saturated carbocycles. The highest BCUT2D eigenvalue weighted by molar-refractivity contribution is 9.08. The summed E-state index contributed by atoms with van der Waals surface area (Å²) in [5, 5.41) is 0.608. The van der Waals surface area contributed by atoms with Gasteiger partial charge in [-0.2, -0.15) is 0 Å². The standard InChI is InChI=1S/C15H23BrO3Si/c1-11-8-7-9-12(10-16)13(11)14(17)18-19-20(5,6)15(2,3)4/h7-9H,10H2,1-6H3. The summed E-state index contributed by atoms with van der Waals surface area (Å²) in [4.78, 5) is 17.4. The zero-order chi connectivity index (χ0) is 15.6. The van der Waals surface area contributed by atoms with E-state index < -0.39 is 14.3 Å². The predicted octanol–water partition coefficient (Wildman–Crippen LogP) is 4.98. The van der Waals surface area contributed by atoms with Crippen LogP contribution >= 0.6 is 15.9 Å². The molecule has 0 aliphatic rings. The first-order valence-corrected chi connectivity index (χ1v) is 10.7. The SMILES string of the molecule is Cc1cccc(CBr)c1C(=O)OO[Si](C)(C)C(C)(C)C. The molecule has 1 aromatic carbocycles. The molecule has 20 heavy (non-hydrogen) atoms. The van der Waals surface area contributed by atoms with Crippen LogP contribution in [0, 0.1) is 6.92 Å². The number of carbonyl (C=O) groups is 1. The minimum absolute atomic E-state index is 0.00271. The van der Waals surface area contributed by atoms with Gasteiger partial charge in [-0.25, -0.2) is 9.37 Å². The molecular weight excluding hydrogens is 336 g/mol. The number of halogens is 1. The van der Waals surface area contributed by atoms with Gasteiger partial charge in [0.1, 0.15) is 0 Å². The van der Waals surface area contributed by atoms with Gasteiger partial charge in [0, 0.05) is 5.33 Å². The number of aryl methyl sites for hydroxylation is 1. The zero-order valence-electron chi connectivity index (χ0n) is 13.0. The first-order chi connectivity index (χ1) is 9.10. The second-order valence-corrected chi connectivity index (χ2v) is 11.7. The van der Waals surface area contributed by atoms with E-state index in [1.54, 1.807) is 0 Å². The Hall–Kier alpha value is -0.653. The highest BCUT2D eigenvalue weighted by Crippen LogP contribution is 2.36. The maximum atomic E-state index is 12.3. The Morgan fingerprint density at radius 1 is 1.30 bits per heavy atom. The number of alkyl halides is 1. The summed E-state index contributed by atoms with van der Waals surface area (Å²) in [6.07, 6.45) is 0. The lowest BCUT2D eigenvalue weighted by molar-refractivity contribution is -0.163. The average Bonchev–Trinajstić information content (AvgIpc) is 2.34. The minimum atomic E-state index is -2.10. The molecule has 0 N–H and O–H groups in total. The Morgan fingerprint density at radius 3 is 2.40 bits per heavy atom. The molecule has 0 aromatic heterocycles. The molecule has 0 amide bonds. The third kappa shape index (κ3) is 3.93. The Morgan fingerprint density at radius 2 is 1.90 bits per heavy atom. The van der Waals surface area contributed by atoms with Gasteiger partial charge >= 0.3 is 5.97 Å². The van der Waals surface area contributed by atoms with E-state index in [1.165, 1.54) is 0 Å². The summed E-state index contributed by atoms with van der Waals surface area (Å²) in [7, 11) is -2.10. The number of carbonyl (C=O) groups excluding carboxylic acids is 1. The fraction of sp³-hybridized carbons (Fsp3) is 0.533. The molecule has 0 aliphatic heterocycles. The van der Waals surface area contributed by atoms with Crippen LogP contribution in [0.4, 0.5) is 0 Å². The van der Waals surface area contributed by atoms with Gasteiger partial charge in [-0.15, -0.1) is 0 Å². The van der Waals surface area contributed by atoms with Crippen LogP contribution in [0.2, 0.25) is 18.1 Å². The molecule has 0 saturated heterocycles. The van der Waals surface area contributed by atoms with Crippen molar-refractivity contribution >= 4 is 30.2 Å². The quantitative estimate of drug-likeness (QED) is 0.329. The van der Waals surface area contributed by atoms with E-state index in [1.807, 2.05) is 38.2 Å². The first-order valence-electron chi connectivity index (χ1n) is 6.64. The van der Waals surface area contributed by atoms with Crippen molar-refractivity contribution < 1.29 is 14.3 Å². The molecule has 0 fully saturated rings. The normalized spacial score (nSPS) is 12.3. The fourth-order valence-corrected chi connectivity index (χ4v) is 2.44. The monoisotopic (exact) mass is 358 g/mol. The van der Waals surface area contributed by atoms with Gasteiger partial charge in [0.25, 0.3) is 8.32 Å². The molecular formula is C15H23BrO3Si. The third-order valence-electron chi connectivity index (χ3n) is 3.84. The highest BCUT2D eigenvalue weighted by atomic mass is 79.9. The first kappa shape index (κ1) is 17.4. The predicted molar refractivity (Wildman–Crippen MR) is 87.5 cm³/mol. The summed E-state index contributed by atoms with van der Waals surface area (Å²) in [5.74, 6) is -0.414. The maximum Gasteiger partial charge on any atom is 0.372 e. The van der Waals surface area contributed by atoms with Gasteiger partial charge in [-0.3, -0.25) is 0 Å². The van der Waals surface area contributed by atoms with Gasteiger partial charge in [-0.1, -0.05) is 54.9 Å². The molecule has 3 nitrogen and oxygen atoms in total. The number of rotatable bonds is 4. The molecule has 0 aliphatic carbocycles. The lowest BCUT2D eigenvalue weighted by Gasteiger charge is -2.33. The van der Waals surface area contributed by atoms with Crippen molar-refractivity contribution in [2.75, 3.05) is 0 Å². The van der Waals surface area contributed by atoms with Crippen molar-refractivity contribution in [3.8, 4) is 0 Å². The topological polar surface area (TPSA) is 35.5 Å². The molecule has 0 unspecified atom stereocenters. The summed E-state index contributed by atoms with van der Waals surface area (Å²) in [6, 6.07) is 5.73. The van der Waals surface area contributed by atoms with Crippen LogP contribution in [0.1, 0.15) is 42.3 Å². The molecule has 0 atom stereocenters. The number of hydrogen-bond donors (Lipinski definition) is 0. The van der Waals surface area contributed by atoms with Gasteiger partial charge in [0.2, 0.25) is 0 Å². The van der Waals surface area contributed by atoms with Crippen molar-refractivity contribution in [3.05, 3.63) is 34.9 Å². The van der Waals surface area contributed by atoms with E-state index in [2.05, 4.69) is 36.7 Å². The van der Waals surface area contributed by atoms with Crippen LogP contribution in [0.15, 0.2) is 18.2 Å². The molecule has 0 spiro atoms. The lowest BCUT2D eigenvalue weighted by Crippen LogP contribution is -2.41. The Bertz CT molecular complexity index is 492. The summed E-state index contributed by atoms with van der Waals surface area (Å²) < 4.78 is 5.54. The number of benzene rings is 1. The maximum absolute atomic E-state index is 12.3.